The van der Waals surface area contributed by atoms with E-state index in [0.717, 1.165) is 17.8 Å². The third-order valence-electron chi connectivity index (χ3n) is 2.24. The highest BCUT2D eigenvalue weighted by molar-refractivity contribution is 7.91. The van der Waals surface area contributed by atoms with Crippen molar-refractivity contribution in [3.63, 3.8) is 0 Å². The molecule has 1 fully saturated rings. The minimum absolute atomic E-state index is 0.0936. The zero-order valence-electron chi connectivity index (χ0n) is 8.42. The SMILES string of the molecule is Nc1nnc(S(=O)(=O)NCC2CCOC2)s1. The van der Waals surface area contributed by atoms with E-state index in [1.807, 2.05) is 0 Å². The first-order chi connectivity index (χ1) is 7.58. The Morgan fingerprint density at radius 3 is 2.94 bits per heavy atom. The molecule has 0 saturated carbocycles. The smallest absolute Gasteiger partial charge is 0.269 e. The van der Waals surface area contributed by atoms with Gasteiger partial charge in [0, 0.05) is 13.2 Å². The predicted octanol–water partition coefficient (Wildman–Crippen LogP) is -0.565. The molecule has 0 bridgehead atoms. The van der Waals surface area contributed by atoms with Gasteiger partial charge >= 0.3 is 0 Å². The second kappa shape index (κ2) is 4.62. The summed E-state index contributed by atoms with van der Waals surface area (Å²) in [5.74, 6) is 0.236. The van der Waals surface area contributed by atoms with Gasteiger partial charge in [-0.1, -0.05) is 11.3 Å². The van der Waals surface area contributed by atoms with E-state index in [1.165, 1.54) is 0 Å². The molecular formula is C7H12N4O3S2. The van der Waals surface area contributed by atoms with Crippen LogP contribution in [-0.2, 0) is 14.8 Å². The van der Waals surface area contributed by atoms with Crippen LogP contribution < -0.4 is 10.5 Å². The maximum Gasteiger partial charge on any atom is 0.269 e. The van der Waals surface area contributed by atoms with Crippen LogP contribution in [0.25, 0.3) is 0 Å². The molecule has 1 aromatic heterocycles. The van der Waals surface area contributed by atoms with Crippen LogP contribution >= 0.6 is 11.3 Å². The maximum absolute atomic E-state index is 11.7. The molecule has 0 aromatic carbocycles. The van der Waals surface area contributed by atoms with Crippen molar-refractivity contribution in [1.82, 2.24) is 14.9 Å². The number of sulfonamides is 1. The summed E-state index contributed by atoms with van der Waals surface area (Å²) in [5.41, 5.74) is 5.33. The van der Waals surface area contributed by atoms with Gasteiger partial charge in [-0.25, -0.2) is 13.1 Å². The highest BCUT2D eigenvalue weighted by Crippen LogP contribution is 2.17. The Bertz CT molecular complexity index is 452. The molecule has 0 aliphatic carbocycles. The second-order valence-electron chi connectivity index (χ2n) is 3.49. The third-order valence-corrected chi connectivity index (χ3v) is 4.78. The largest absolute Gasteiger partial charge is 0.381 e. The zero-order chi connectivity index (χ0) is 11.6. The third kappa shape index (κ3) is 2.67. The number of nitrogens with two attached hydrogens (primary N) is 1. The van der Waals surface area contributed by atoms with Crippen molar-refractivity contribution < 1.29 is 13.2 Å². The Hall–Kier alpha value is -0.770. The summed E-state index contributed by atoms with van der Waals surface area (Å²) in [4.78, 5) is 0. The summed E-state index contributed by atoms with van der Waals surface area (Å²) in [6.07, 6.45) is 0.876. The van der Waals surface area contributed by atoms with Crippen molar-refractivity contribution >= 4 is 26.5 Å². The molecule has 1 saturated heterocycles. The van der Waals surface area contributed by atoms with Crippen LogP contribution in [0.4, 0.5) is 5.13 Å². The minimum atomic E-state index is -3.57. The Kier molecular flexibility index (Phi) is 3.38. The van der Waals surface area contributed by atoms with Crippen molar-refractivity contribution in [2.24, 2.45) is 5.92 Å². The molecule has 7 nitrogen and oxygen atoms in total. The van der Waals surface area contributed by atoms with Crippen molar-refractivity contribution in [3.8, 4) is 0 Å². The highest BCUT2D eigenvalue weighted by atomic mass is 32.2. The van der Waals surface area contributed by atoms with Crippen LogP contribution in [0.1, 0.15) is 6.42 Å². The van der Waals surface area contributed by atoms with E-state index < -0.39 is 10.0 Å². The fourth-order valence-electron chi connectivity index (χ4n) is 1.36. The summed E-state index contributed by atoms with van der Waals surface area (Å²) < 4.78 is 30.9. The quantitative estimate of drug-likeness (QED) is 0.754. The van der Waals surface area contributed by atoms with Crippen LogP contribution in [0.2, 0.25) is 0 Å². The number of ether oxygens (including phenoxy) is 1. The molecule has 1 unspecified atom stereocenters. The average Bonchev–Trinajstić information content (AvgIpc) is 2.85. The van der Waals surface area contributed by atoms with Crippen LogP contribution in [0, 0.1) is 5.92 Å². The minimum Gasteiger partial charge on any atom is -0.381 e. The van der Waals surface area contributed by atoms with Crippen LogP contribution in [0.5, 0.6) is 0 Å². The molecule has 9 heteroatoms. The van der Waals surface area contributed by atoms with Crippen molar-refractivity contribution in [3.05, 3.63) is 0 Å². The maximum atomic E-state index is 11.7. The number of aromatic nitrogens is 2. The standard InChI is InChI=1S/C7H12N4O3S2/c8-6-10-11-7(15-6)16(12,13)9-3-5-1-2-14-4-5/h5,9H,1-4H2,(H2,8,10). The summed E-state index contributed by atoms with van der Waals surface area (Å²) in [5, 5.41) is 7.10. The molecule has 0 radical (unpaired) electrons. The van der Waals surface area contributed by atoms with E-state index in [-0.39, 0.29) is 15.4 Å². The van der Waals surface area contributed by atoms with Gasteiger partial charge in [-0.05, 0) is 12.3 Å². The monoisotopic (exact) mass is 264 g/mol. The molecule has 90 valence electrons. The Morgan fingerprint density at radius 1 is 1.56 bits per heavy atom. The van der Waals surface area contributed by atoms with Gasteiger partial charge in [0.2, 0.25) is 9.47 Å². The van der Waals surface area contributed by atoms with E-state index >= 15 is 0 Å². The molecule has 0 amide bonds. The van der Waals surface area contributed by atoms with E-state index in [1.54, 1.807) is 0 Å². The van der Waals surface area contributed by atoms with Gasteiger partial charge in [0.15, 0.2) is 0 Å². The molecule has 3 N–H and O–H groups in total. The number of anilines is 1. The molecule has 0 spiro atoms. The van der Waals surface area contributed by atoms with Crippen LogP contribution in [0.3, 0.4) is 0 Å². The van der Waals surface area contributed by atoms with Crippen LogP contribution in [0.15, 0.2) is 4.34 Å². The first kappa shape index (κ1) is 11.7. The van der Waals surface area contributed by atoms with E-state index in [2.05, 4.69) is 14.9 Å². The van der Waals surface area contributed by atoms with Gasteiger partial charge < -0.3 is 10.5 Å². The first-order valence-corrected chi connectivity index (χ1v) is 7.04. The number of nitrogen functional groups attached to an aromatic ring is 1. The fourth-order valence-corrected chi connectivity index (χ4v) is 3.30. The molecular weight excluding hydrogens is 252 g/mol. The average molecular weight is 264 g/mol. The van der Waals surface area contributed by atoms with E-state index in [4.69, 9.17) is 10.5 Å². The molecule has 1 aliphatic heterocycles. The molecule has 1 aromatic rings. The lowest BCUT2D eigenvalue weighted by Crippen LogP contribution is -2.29. The van der Waals surface area contributed by atoms with Gasteiger partial charge in [-0.15, -0.1) is 10.2 Å². The fraction of sp³-hybridized carbons (Fsp3) is 0.714. The molecule has 2 heterocycles. The lowest BCUT2D eigenvalue weighted by Gasteiger charge is -2.07. The normalized spacial score (nSPS) is 21.4. The van der Waals surface area contributed by atoms with E-state index in [9.17, 15) is 8.42 Å². The van der Waals surface area contributed by atoms with Crippen molar-refractivity contribution in [2.45, 2.75) is 10.8 Å². The van der Waals surface area contributed by atoms with Crippen molar-refractivity contribution in [2.75, 3.05) is 25.5 Å². The number of rotatable bonds is 4. The lowest BCUT2D eigenvalue weighted by molar-refractivity contribution is 0.186. The second-order valence-corrected chi connectivity index (χ2v) is 6.44. The zero-order valence-corrected chi connectivity index (χ0v) is 10.1. The topological polar surface area (TPSA) is 107 Å². The van der Waals surface area contributed by atoms with Crippen LogP contribution in [-0.4, -0.2) is 38.4 Å². The van der Waals surface area contributed by atoms with Crippen molar-refractivity contribution in [1.29, 1.82) is 0 Å². The van der Waals surface area contributed by atoms with Gasteiger partial charge in [0.25, 0.3) is 10.0 Å². The number of hydrogen-bond donors (Lipinski definition) is 2. The Balaban J connectivity index is 1.97. The van der Waals surface area contributed by atoms with Gasteiger partial charge in [-0.2, -0.15) is 0 Å². The number of hydrogen-bond acceptors (Lipinski definition) is 7. The highest BCUT2D eigenvalue weighted by Gasteiger charge is 2.22. The first-order valence-electron chi connectivity index (χ1n) is 4.74. The number of nitrogens with one attached hydrogen (secondary N) is 1. The number of nitrogens with zero attached hydrogens (tertiary/aromatic N) is 2. The lowest BCUT2D eigenvalue weighted by atomic mass is 10.1. The Morgan fingerprint density at radius 2 is 2.38 bits per heavy atom. The Labute approximate surface area is 97.1 Å². The summed E-state index contributed by atoms with van der Waals surface area (Å²) in [7, 11) is -3.57. The summed E-state index contributed by atoms with van der Waals surface area (Å²) in [6.45, 7) is 1.65. The molecule has 1 atom stereocenters. The van der Waals surface area contributed by atoms with Gasteiger partial charge in [-0.3, -0.25) is 0 Å². The molecule has 1 aliphatic rings. The summed E-state index contributed by atoms with van der Waals surface area (Å²) in [6, 6.07) is 0. The van der Waals surface area contributed by atoms with E-state index in [0.29, 0.717) is 19.8 Å². The van der Waals surface area contributed by atoms with Gasteiger partial charge in [0.05, 0.1) is 6.61 Å². The summed E-state index contributed by atoms with van der Waals surface area (Å²) >= 11 is 0.851. The predicted molar refractivity (Wildman–Crippen MR) is 58.4 cm³/mol. The molecule has 2 rings (SSSR count). The van der Waals surface area contributed by atoms with Gasteiger partial charge in [0.1, 0.15) is 0 Å². The molecule has 16 heavy (non-hydrogen) atoms.